The van der Waals surface area contributed by atoms with Crippen LogP contribution in [0.1, 0.15) is 5.56 Å². The maximum absolute atomic E-state index is 11.6. The van der Waals surface area contributed by atoms with Crippen molar-refractivity contribution in [1.82, 2.24) is 0 Å². The topological polar surface area (TPSA) is 20.3 Å². The van der Waals surface area contributed by atoms with Gasteiger partial charge >= 0.3 is 0 Å². The van der Waals surface area contributed by atoms with Crippen LogP contribution in [0.5, 0.6) is 0 Å². The van der Waals surface area contributed by atoms with Gasteiger partial charge in [-0.2, -0.15) is 0 Å². The monoisotopic (exact) mass is 239 g/mol. The highest BCUT2D eigenvalue weighted by Crippen LogP contribution is 2.28. The minimum Gasteiger partial charge on any atom is -0.314 e. The van der Waals surface area contributed by atoms with Gasteiger partial charge < -0.3 is 4.90 Å². The Morgan fingerprint density at radius 1 is 1.46 bits per heavy atom. The highest BCUT2D eigenvalue weighted by atomic mass is 79.9. The minimum absolute atomic E-state index is 0.0626. The molecule has 2 rings (SSSR count). The van der Waals surface area contributed by atoms with E-state index >= 15 is 0 Å². The molecule has 1 heterocycles. The average Bonchev–Trinajstić information content (AvgIpc) is 2.15. The predicted molar refractivity (Wildman–Crippen MR) is 56.3 cm³/mol. The number of rotatable bonds is 0. The maximum Gasteiger partial charge on any atom is 0.240 e. The molecule has 0 fully saturated rings. The molecule has 1 atom stereocenters. The fourth-order valence-electron chi connectivity index (χ4n) is 1.62. The van der Waals surface area contributed by atoms with E-state index in [0.29, 0.717) is 0 Å². The van der Waals surface area contributed by atoms with E-state index in [-0.39, 0.29) is 10.7 Å². The summed E-state index contributed by atoms with van der Waals surface area (Å²) in [6.07, 6.45) is 0.791. The van der Waals surface area contributed by atoms with Gasteiger partial charge in [-0.1, -0.05) is 34.1 Å². The highest BCUT2D eigenvalue weighted by Gasteiger charge is 2.27. The quantitative estimate of drug-likeness (QED) is 0.635. The molecule has 0 saturated heterocycles. The maximum atomic E-state index is 11.6. The molecule has 1 amide bonds. The SMILES string of the molecule is CN1C(=O)C(Br)Cc2ccccc21. The molecule has 1 aromatic rings. The number of carbonyl (C=O) groups excluding carboxylic acids is 1. The van der Waals surface area contributed by atoms with Crippen molar-refractivity contribution in [1.29, 1.82) is 0 Å². The molecule has 2 nitrogen and oxygen atoms in total. The number of alkyl halides is 1. The number of benzene rings is 1. The Hall–Kier alpha value is -0.830. The van der Waals surface area contributed by atoms with Crippen LogP contribution in [0, 0.1) is 0 Å². The molecule has 0 aliphatic carbocycles. The van der Waals surface area contributed by atoms with Gasteiger partial charge in [0.1, 0.15) is 0 Å². The Kier molecular flexibility index (Phi) is 2.12. The normalized spacial score (nSPS) is 21.5. The molecule has 0 radical (unpaired) electrons. The van der Waals surface area contributed by atoms with Crippen molar-refractivity contribution in [3.63, 3.8) is 0 Å². The third kappa shape index (κ3) is 1.37. The molecule has 0 aromatic heterocycles. The van der Waals surface area contributed by atoms with E-state index in [1.54, 1.807) is 4.90 Å². The van der Waals surface area contributed by atoms with E-state index in [4.69, 9.17) is 0 Å². The van der Waals surface area contributed by atoms with Gasteiger partial charge in [-0.05, 0) is 18.1 Å². The second-order valence-corrected chi connectivity index (χ2v) is 4.30. The first-order valence-corrected chi connectivity index (χ1v) is 5.11. The lowest BCUT2D eigenvalue weighted by atomic mass is 10.0. The summed E-state index contributed by atoms with van der Waals surface area (Å²) < 4.78 is 0. The first-order chi connectivity index (χ1) is 6.20. The Labute approximate surface area is 85.7 Å². The Morgan fingerprint density at radius 3 is 2.92 bits per heavy atom. The molecule has 1 aliphatic heterocycles. The molecule has 1 unspecified atom stereocenters. The Bertz CT molecular complexity index is 351. The second kappa shape index (κ2) is 3.14. The van der Waals surface area contributed by atoms with Gasteiger partial charge in [0.2, 0.25) is 5.91 Å². The van der Waals surface area contributed by atoms with Crippen LogP contribution in [0.3, 0.4) is 0 Å². The zero-order chi connectivity index (χ0) is 9.42. The first-order valence-electron chi connectivity index (χ1n) is 4.19. The van der Waals surface area contributed by atoms with Crippen LogP contribution in [0.25, 0.3) is 0 Å². The molecular formula is C10H10BrNO. The van der Waals surface area contributed by atoms with Gasteiger partial charge in [0.25, 0.3) is 0 Å². The number of anilines is 1. The zero-order valence-corrected chi connectivity index (χ0v) is 8.91. The molecule has 0 spiro atoms. The summed E-state index contributed by atoms with van der Waals surface area (Å²) in [6, 6.07) is 8.00. The van der Waals surface area contributed by atoms with Crippen LogP contribution >= 0.6 is 15.9 Å². The molecule has 0 N–H and O–H groups in total. The van der Waals surface area contributed by atoms with Gasteiger partial charge in [0.05, 0.1) is 4.83 Å². The van der Waals surface area contributed by atoms with Crippen LogP contribution in [0.2, 0.25) is 0 Å². The summed E-state index contributed by atoms with van der Waals surface area (Å²) in [5.41, 5.74) is 2.26. The molecular weight excluding hydrogens is 230 g/mol. The summed E-state index contributed by atoms with van der Waals surface area (Å²) in [5.74, 6) is 0.138. The van der Waals surface area contributed by atoms with E-state index in [9.17, 15) is 4.79 Å². The van der Waals surface area contributed by atoms with E-state index in [0.717, 1.165) is 12.1 Å². The second-order valence-electron chi connectivity index (χ2n) is 3.20. The third-order valence-corrected chi connectivity index (χ3v) is 3.07. The number of halogens is 1. The van der Waals surface area contributed by atoms with E-state index < -0.39 is 0 Å². The zero-order valence-electron chi connectivity index (χ0n) is 7.33. The number of fused-ring (bicyclic) bond motifs is 1. The van der Waals surface area contributed by atoms with Crippen LogP contribution in [-0.2, 0) is 11.2 Å². The smallest absolute Gasteiger partial charge is 0.240 e. The number of carbonyl (C=O) groups is 1. The number of hydrogen-bond acceptors (Lipinski definition) is 1. The van der Waals surface area contributed by atoms with Crippen LogP contribution in [0.15, 0.2) is 24.3 Å². The summed E-state index contributed by atoms with van der Waals surface area (Å²) in [7, 11) is 1.81. The number of nitrogens with zero attached hydrogens (tertiary/aromatic N) is 1. The van der Waals surface area contributed by atoms with Gasteiger partial charge in [0.15, 0.2) is 0 Å². The summed E-state index contributed by atoms with van der Waals surface area (Å²) in [4.78, 5) is 13.2. The van der Waals surface area contributed by atoms with Crippen molar-refractivity contribution < 1.29 is 4.79 Å². The number of hydrogen-bond donors (Lipinski definition) is 0. The Balaban J connectivity index is 2.49. The average molecular weight is 240 g/mol. The van der Waals surface area contributed by atoms with Crippen LogP contribution in [-0.4, -0.2) is 17.8 Å². The molecule has 13 heavy (non-hydrogen) atoms. The van der Waals surface area contributed by atoms with Crippen molar-refractivity contribution >= 4 is 27.5 Å². The van der Waals surface area contributed by atoms with Gasteiger partial charge in [-0.15, -0.1) is 0 Å². The van der Waals surface area contributed by atoms with Crippen molar-refractivity contribution in [3.05, 3.63) is 29.8 Å². The first kappa shape index (κ1) is 8.75. The lowest BCUT2D eigenvalue weighted by Crippen LogP contribution is -2.38. The molecule has 0 bridgehead atoms. The summed E-state index contributed by atoms with van der Waals surface area (Å²) >= 11 is 3.37. The fourth-order valence-corrected chi connectivity index (χ4v) is 2.28. The van der Waals surface area contributed by atoms with E-state index in [2.05, 4.69) is 22.0 Å². The fraction of sp³-hybridized carbons (Fsp3) is 0.300. The van der Waals surface area contributed by atoms with Crippen molar-refractivity contribution in [2.45, 2.75) is 11.2 Å². The van der Waals surface area contributed by atoms with Crippen molar-refractivity contribution in [3.8, 4) is 0 Å². The number of amides is 1. The molecule has 1 aliphatic rings. The molecule has 68 valence electrons. The standard InChI is InChI=1S/C10H10BrNO/c1-12-9-5-3-2-4-7(9)6-8(11)10(12)13/h2-5,8H,6H2,1H3. The van der Waals surface area contributed by atoms with Gasteiger partial charge in [-0.25, -0.2) is 0 Å². The predicted octanol–water partition coefficient (Wildman–Crippen LogP) is 1.97. The third-order valence-electron chi connectivity index (χ3n) is 2.35. The Morgan fingerprint density at radius 2 is 2.15 bits per heavy atom. The van der Waals surface area contributed by atoms with E-state index in [1.165, 1.54) is 5.56 Å². The summed E-state index contributed by atoms with van der Waals surface area (Å²) in [6.45, 7) is 0. The molecule has 0 saturated carbocycles. The summed E-state index contributed by atoms with van der Waals surface area (Å²) in [5, 5.41) is 0. The lowest BCUT2D eigenvalue weighted by Gasteiger charge is -2.28. The van der Waals surface area contributed by atoms with E-state index in [1.807, 2.05) is 25.2 Å². The van der Waals surface area contributed by atoms with Crippen LogP contribution < -0.4 is 4.90 Å². The minimum atomic E-state index is -0.0626. The number of para-hydroxylation sites is 1. The van der Waals surface area contributed by atoms with Crippen molar-refractivity contribution in [2.75, 3.05) is 11.9 Å². The highest BCUT2D eigenvalue weighted by molar-refractivity contribution is 9.10. The van der Waals surface area contributed by atoms with Crippen molar-refractivity contribution in [2.24, 2.45) is 0 Å². The van der Waals surface area contributed by atoms with Gasteiger partial charge in [-0.3, -0.25) is 4.79 Å². The van der Waals surface area contributed by atoms with Crippen LogP contribution in [0.4, 0.5) is 5.69 Å². The lowest BCUT2D eigenvalue weighted by molar-refractivity contribution is -0.117. The van der Waals surface area contributed by atoms with Gasteiger partial charge in [0, 0.05) is 12.7 Å². The molecule has 1 aromatic carbocycles. The molecule has 3 heteroatoms. The largest absolute Gasteiger partial charge is 0.314 e.